The van der Waals surface area contributed by atoms with Crippen molar-refractivity contribution in [2.45, 2.75) is 19.3 Å². The van der Waals surface area contributed by atoms with Gasteiger partial charge >= 0.3 is 0 Å². The van der Waals surface area contributed by atoms with Crippen LogP contribution in [0.5, 0.6) is 5.75 Å². The molecule has 0 unspecified atom stereocenters. The Morgan fingerprint density at radius 3 is 2.87 bits per heavy atom. The van der Waals surface area contributed by atoms with Crippen LogP contribution in [0.2, 0.25) is 5.02 Å². The Morgan fingerprint density at radius 2 is 2.27 bits per heavy atom. The van der Waals surface area contributed by atoms with E-state index in [2.05, 4.69) is 5.32 Å². The molecule has 0 atom stereocenters. The number of amides is 1. The van der Waals surface area contributed by atoms with Gasteiger partial charge in [-0.25, -0.2) is 0 Å². The molecule has 0 saturated heterocycles. The first-order valence-electron chi connectivity index (χ1n) is 4.93. The van der Waals surface area contributed by atoms with Gasteiger partial charge in [0.1, 0.15) is 5.75 Å². The molecule has 1 aromatic carbocycles. The zero-order valence-corrected chi connectivity index (χ0v) is 8.92. The van der Waals surface area contributed by atoms with E-state index in [0.29, 0.717) is 18.0 Å². The lowest BCUT2D eigenvalue weighted by Gasteiger charge is -2.05. The monoisotopic (exact) mass is 225 g/mol. The zero-order chi connectivity index (χ0) is 10.8. The van der Waals surface area contributed by atoms with E-state index in [4.69, 9.17) is 11.6 Å². The fourth-order valence-electron chi connectivity index (χ4n) is 1.39. The molecule has 2 N–H and O–H groups in total. The summed E-state index contributed by atoms with van der Waals surface area (Å²) < 4.78 is 0. The molecule has 2 rings (SSSR count). The van der Waals surface area contributed by atoms with Crippen LogP contribution in [-0.2, 0) is 4.79 Å². The normalized spacial score (nSPS) is 15.0. The minimum absolute atomic E-state index is 0.000720. The topological polar surface area (TPSA) is 49.3 Å². The van der Waals surface area contributed by atoms with E-state index < -0.39 is 0 Å². The van der Waals surface area contributed by atoms with Crippen LogP contribution in [0.25, 0.3) is 0 Å². The van der Waals surface area contributed by atoms with Gasteiger partial charge in [0.05, 0.1) is 5.02 Å². The number of benzene rings is 1. The predicted octanol–water partition coefficient (Wildman–Crippen LogP) is 2.78. The van der Waals surface area contributed by atoms with Crippen molar-refractivity contribution in [3.05, 3.63) is 23.2 Å². The van der Waals surface area contributed by atoms with Gasteiger partial charge < -0.3 is 10.4 Å². The highest BCUT2D eigenvalue weighted by molar-refractivity contribution is 6.32. The van der Waals surface area contributed by atoms with E-state index in [0.717, 1.165) is 12.8 Å². The number of carbonyl (C=O) groups is 1. The van der Waals surface area contributed by atoms with E-state index in [1.165, 1.54) is 6.07 Å². The number of anilines is 1. The number of rotatable bonds is 3. The summed E-state index contributed by atoms with van der Waals surface area (Å²) in [6.07, 6.45) is 2.88. The van der Waals surface area contributed by atoms with Gasteiger partial charge in [-0.3, -0.25) is 4.79 Å². The molecule has 3 nitrogen and oxygen atoms in total. The standard InChI is InChI=1S/C11H12ClNO2/c12-9-4-3-8(6-10(9)14)13-11(15)5-7-1-2-7/h3-4,6-7,14H,1-2,5H2,(H,13,15). The molecular weight excluding hydrogens is 214 g/mol. The lowest BCUT2D eigenvalue weighted by Crippen LogP contribution is -2.11. The maximum atomic E-state index is 11.4. The van der Waals surface area contributed by atoms with Crippen LogP contribution in [0.1, 0.15) is 19.3 Å². The lowest BCUT2D eigenvalue weighted by molar-refractivity contribution is -0.116. The number of nitrogens with one attached hydrogen (secondary N) is 1. The molecule has 1 aliphatic rings. The number of hydrogen-bond acceptors (Lipinski definition) is 2. The Balaban J connectivity index is 1.97. The fourth-order valence-corrected chi connectivity index (χ4v) is 1.50. The Bertz CT molecular complexity index is 388. The van der Waals surface area contributed by atoms with Crippen LogP contribution in [0.15, 0.2) is 18.2 Å². The number of halogens is 1. The third kappa shape index (κ3) is 2.86. The molecule has 0 bridgehead atoms. The Morgan fingerprint density at radius 1 is 1.53 bits per heavy atom. The van der Waals surface area contributed by atoms with Crippen molar-refractivity contribution in [1.29, 1.82) is 0 Å². The minimum Gasteiger partial charge on any atom is -0.506 e. The van der Waals surface area contributed by atoms with Crippen molar-refractivity contribution < 1.29 is 9.90 Å². The first-order chi connectivity index (χ1) is 7.15. The summed E-state index contributed by atoms with van der Waals surface area (Å²) in [4.78, 5) is 11.4. The number of aromatic hydroxyl groups is 1. The van der Waals surface area contributed by atoms with Gasteiger partial charge in [-0.15, -0.1) is 0 Å². The molecule has 4 heteroatoms. The molecule has 1 aliphatic carbocycles. The van der Waals surface area contributed by atoms with Gasteiger partial charge in [-0.05, 0) is 30.9 Å². The van der Waals surface area contributed by atoms with Gasteiger partial charge in [0.15, 0.2) is 0 Å². The van der Waals surface area contributed by atoms with Crippen LogP contribution in [0.3, 0.4) is 0 Å². The number of carbonyl (C=O) groups excluding carboxylic acids is 1. The second kappa shape index (κ2) is 4.11. The predicted molar refractivity (Wildman–Crippen MR) is 59.1 cm³/mol. The molecular formula is C11H12ClNO2. The maximum Gasteiger partial charge on any atom is 0.224 e. The van der Waals surface area contributed by atoms with E-state index in [-0.39, 0.29) is 16.7 Å². The highest BCUT2D eigenvalue weighted by Gasteiger charge is 2.24. The molecule has 0 radical (unpaired) electrons. The molecule has 0 spiro atoms. The van der Waals surface area contributed by atoms with Crippen LogP contribution in [0.4, 0.5) is 5.69 Å². The van der Waals surface area contributed by atoms with Crippen LogP contribution >= 0.6 is 11.6 Å². The highest BCUT2D eigenvalue weighted by atomic mass is 35.5. The van der Waals surface area contributed by atoms with E-state index in [1.807, 2.05) is 0 Å². The molecule has 80 valence electrons. The molecule has 1 aromatic rings. The van der Waals surface area contributed by atoms with Gasteiger partial charge in [0.2, 0.25) is 5.91 Å². The van der Waals surface area contributed by atoms with Crippen LogP contribution in [-0.4, -0.2) is 11.0 Å². The zero-order valence-electron chi connectivity index (χ0n) is 8.16. The molecule has 1 saturated carbocycles. The largest absolute Gasteiger partial charge is 0.506 e. The number of hydrogen-bond donors (Lipinski definition) is 2. The Hall–Kier alpha value is -1.22. The van der Waals surface area contributed by atoms with Crippen LogP contribution in [0, 0.1) is 5.92 Å². The third-order valence-corrected chi connectivity index (χ3v) is 2.72. The second-order valence-corrected chi connectivity index (χ2v) is 4.27. The summed E-state index contributed by atoms with van der Waals surface area (Å²) in [5.41, 5.74) is 0.586. The molecule has 0 aromatic heterocycles. The van der Waals surface area contributed by atoms with E-state index in [1.54, 1.807) is 12.1 Å². The molecule has 1 amide bonds. The van der Waals surface area contributed by atoms with Crippen molar-refractivity contribution in [2.75, 3.05) is 5.32 Å². The van der Waals surface area contributed by atoms with Gasteiger partial charge in [-0.2, -0.15) is 0 Å². The molecule has 0 heterocycles. The molecule has 15 heavy (non-hydrogen) atoms. The Kier molecular flexibility index (Phi) is 2.82. The van der Waals surface area contributed by atoms with E-state index in [9.17, 15) is 9.90 Å². The molecule has 0 aliphatic heterocycles. The smallest absolute Gasteiger partial charge is 0.224 e. The first kappa shape index (κ1) is 10.3. The highest BCUT2D eigenvalue weighted by Crippen LogP contribution is 2.33. The lowest BCUT2D eigenvalue weighted by atomic mass is 10.2. The van der Waals surface area contributed by atoms with Crippen molar-refractivity contribution in [3.8, 4) is 5.75 Å². The average molecular weight is 226 g/mol. The van der Waals surface area contributed by atoms with Gasteiger partial charge in [0.25, 0.3) is 0 Å². The van der Waals surface area contributed by atoms with Crippen molar-refractivity contribution in [3.63, 3.8) is 0 Å². The summed E-state index contributed by atoms with van der Waals surface area (Å²) >= 11 is 5.65. The fraction of sp³-hybridized carbons (Fsp3) is 0.364. The maximum absolute atomic E-state index is 11.4. The summed E-state index contributed by atoms with van der Waals surface area (Å²) in [5.74, 6) is 0.547. The summed E-state index contributed by atoms with van der Waals surface area (Å²) in [6.45, 7) is 0. The van der Waals surface area contributed by atoms with Crippen molar-refractivity contribution in [2.24, 2.45) is 5.92 Å². The summed E-state index contributed by atoms with van der Waals surface area (Å²) in [5, 5.41) is 12.3. The summed E-state index contributed by atoms with van der Waals surface area (Å²) in [6, 6.07) is 4.68. The number of phenols is 1. The van der Waals surface area contributed by atoms with Gasteiger partial charge in [0, 0.05) is 18.2 Å². The second-order valence-electron chi connectivity index (χ2n) is 3.86. The Labute approximate surface area is 93.1 Å². The molecule has 1 fully saturated rings. The first-order valence-corrected chi connectivity index (χ1v) is 5.31. The van der Waals surface area contributed by atoms with Gasteiger partial charge in [-0.1, -0.05) is 11.6 Å². The summed E-state index contributed by atoms with van der Waals surface area (Å²) in [7, 11) is 0. The van der Waals surface area contributed by atoms with Crippen molar-refractivity contribution in [1.82, 2.24) is 0 Å². The van der Waals surface area contributed by atoms with Crippen LogP contribution < -0.4 is 5.32 Å². The average Bonchev–Trinajstić information content (AvgIpc) is 2.95. The SMILES string of the molecule is O=C(CC1CC1)Nc1ccc(Cl)c(O)c1. The minimum atomic E-state index is -0.0131. The van der Waals surface area contributed by atoms with E-state index >= 15 is 0 Å². The third-order valence-electron chi connectivity index (χ3n) is 2.40. The quantitative estimate of drug-likeness (QED) is 0.831. The van der Waals surface area contributed by atoms with Crippen molar-refractivity contribution >= 4 is 23.2 Å². The number of phenolic OH excluding ortho intramolecular Hbond substituents is 1.